The first-order valence-corrected chi connectivity index (χ1v) is 10.4. The first-order chi connectivity index (χ1) is 14.9. The van der Waals surface area contributed by atoms with E-state index in [1.807, 2.05) is 12.1 Å². The fourth-order valence-corrected chi connectivity index (χ4v) is 3.79. The number of hydrogen-bond acceptors (Lipinski definition) is 2. The van der Waals surface area contributed by atoms with Crippen molar-refractivity contribution in [2.24, 2.45) is 0 Å². The molecule has 1 saturated heterocycles. The van der Waals surface area contributed by atoms with E-state index in [1.54, 1.807) is 0 Å². The minimum atomic E-state index is 0.236. The molecule has 2 heteroatoms. The second-order valence-corrected chi connectivity index (χ2v) is 7.67. The second kappa shape index (κ2) is 8.56. The highest BCUT2D eigenvalue weighted by molar-refractivity contribution is 5.86. The van der Waals surface area contributed by atoms with Crippen LogP contribution in [0.4, 0.5) is 0 Å². The fraction of sp³-hybridized carbons (Fsp3) is 0.143. The van der Waals surface area contributed by atoms with E-state index in [2.05, 4.69) is 91.0 Å². The van der Waals surface area contributed by atoms with Gasteiger partial charge in [0.05, 0.1) is 6.61 Å². The van der Waals surface area contributed by atoms with E-state index < -0.39 is 0 Å². The molecular weight excluding hydrogens is 368 g/mol. The average Bonchev–Trinajstić information content (AvgIpc) is 3.64. The Hall–Kier alpha value is -3.36. The van der Waals surface area contributed by atoms with Crippen molar-refractivity contribution in [2.45, 2.75) is 12.5 Å². The van der Waals surface area contributed by atoms with Gasteiger partial charge in [-0.1, -0.05) is 97.1 Å². The van der Waals surface area contributed by atoms with Gasteiger partial charge in [0.15, 0.2) is 0 Å². The van der Waals surface area contributed by atoms with Crippen molar-refractivity contribution in [3.63, 3.8) is 0 Å². The maximum absolute atomic E-state index is 6.11. The largest absolute Gasteiger partial charge is 0.490 e. The Morgan fingerprint density at radius 2 is 1.37 bits per heavy atom. The van der Waals surface area contributed by atoms with Crippen LogP contribution in [0.3, 0.4) is 0 Å². The third-order valence-electron chi connectivity index (χ3n) is 5.42. The molecule has 0 saturated carbocycles. The molecule has 1 unspecified atom stereocenters. The molecule has 0 bridgehead atoms. The number of benzene rings is 4. The molecule has 0 spiro atoms. The molecule has 148 valence electrons. The van der Waals surface area contributed by atoms with Crippen molar-refractivity contribution < 1.29 is 9.47 Å². The number of epoxide rings is 1. The molecule has 5 rings (SSSR count). The highest BCUT2D eigenvalue weighted by Gasteiger charge is 2.24. The van der Waals surface area contributed by atoms with Gasteiger partial charge >= 0.3 is 0 Å². The molecule has 1 heterocycles. The lowest BCUT2D eigenvalue weighted by molar-refractivity contribution is 0.264. The van der Waals surface area contributed by atoms with Crippen molar-refractivity contribution in [3.05, 3.63) is 114 Å². The molecule has 1 atom stereocenters. The van der Waals surface area contributed by atoms with Crippen LogP contribution in [0.15, 0.2) is 103 Å². The van der Waals surface area contributed by atoms with Crippen molar-refractivity contribution in [1.82, 2.24) is 0 Å². The lowest BCUT2D eigenvalue weighted by atomic mass is 9.91. The molecule has 1 aliphatic rings. The van der Waals surface area contributed by atoms with E-state index in [1.165, 1.54) is 27.8 Å². The molecule has 1 fully saturated rings. The zero-order valence-corrected chi connectivity index (χ0v) is 16.8. The van der Waals surface area contributed by atoms with Crippen LogP contribution < -0.4 is 4.74 Å². The van der Waals surface area contributed by atoms with Gasteiger partial charge in [0.1, 0.15) is 18.5 Å². The third kappa shape index (κ3) is 4.29. The molecule has 2 nitrogen and oxygen atoms in total. The summed E-state index contributed by atoms with van der Waals surface area (Å²) in [4.78, 5) is 0. The standard InChI is InChI=1S/C28H24O2/c1-3-9-21(10-4-1)17-22-15-16-25(27(18-22)23-11-5-2-6-12-23)26-13-7-8-14-28(26)30-20-24-19-29-24/h1-16,18,24H,17,19-20H2. The summed E-state index contributed by atoms with van der Waals surface area (Å²) in [5.41, 5.74) is 7.35. The van der Waals surface area contributed by atoms with E-state index in [0.29, 0.717) is 6.61 Å². The van der Waals surface area contributed by atoms with Crippen LogP contribution in [0, 0.1) is 0 Å². The van der Waals surface area contributed by atoms with Crippen molar-refractivity contribution in [1.29, 1.82) is 0 Å². The van der Waals surface area contributed by atoms with Gasteiger partial charge in [-0.05, 0) is 40.3 Å². The highest BCUT2D eigenvalue weighted by Crippen LogP contribution is 2.38. The molecule has 0 amide bonds. The minimum Gasteiger partial charge on any atom is -0.490 e. The average molecular weight is 392 g/mol. The summed E-state index contributed by atoms with van der Waals surface area (Å²) < 4.78 is 11.4. The summed E-state index contributed by atoms with van der Waals surface area (Å²) in [5, 5.41) is 0. The van der Waals surface area contributed by atoms with Gasteiger partial charge in [-0.25, -0.2) is 0 Å². The van der Waals surface area contributed by atoms with Crippen LogP contribution in [0.2, 0.25) is 0 Å². The number of para-hydroxylation sites is 1. The summed E-state index contributed by atoms with van der Waals surface area (Å²) >= 11 is 0. The molecule has 30 heavy (non-hydrogen) atoms. The molecule has 4 aromatic carbocycles. The van der Waals surface area contributed by atoms with E-state index in [-0.39, 0.29) is 6.10 Å². The fourth-order valence-electron chi connectivity index (χ4n) is 3.79. The lowest BCUT2D eigenvalue weighted by Gasteiger charge is -2.16. The van der Waals surface area contributed by atoms with Gasteiger partial charge in [0.25, 0.3) is 0 Å². The molecule has 0 aromatic heterocycles. The number of ether oxygens (including phenoxy) is 2. The predicted molar refractivity (Wildman–Crippen MR) is 122 cm³/mol. The molecule has 0 N–H and O–H groups in total. The SMILES string of the molecule is c1ccc(Cc2ccc(-c3ccccc3OCC3CO3)c(-c3ccccc3)c2)cc1. The highest BCUT2D eigenvalue weighted by atomic mass is 16.6. The van der Waals surface area contributed by atoms with Gasteiger partial charge in [0.2, 0.25) is 0 Å². The summed E-state index contributed by atoms with van der Waals surface area (Å²) in [6.45, 7) is 1.40. The molecule has 0 radical (unpaired) electrons. The lowest BCUT2D eigenvalue weighted by Crippen LogP contribution is -2.05. The molecule has 1 aliphatic heterocycles. The quantitative estimate of drug-likeness (QED) is 0.340. The smallest absolute Gasteiger partial charge is 0.127 e. The van der Waals surface area contributed by atoms with E-state index in [0.717, 1.165) is 24.3 Å². The van der Waals surface area contributed by atoms with Crippen molar-refractivity contribution >= 4 is 0 Å². The van der Waals surface area contributed by atoms with Crippen molar-refractivity contribution in [2.75, 3.05) is 13.2 Å². The second-order valence-electron chi connectivity index (χ2n) is 7.67. The Bertz CT molecular complexity index is 1120. The Labute approximate surface area is 177 Å². The monoisotopic (exact) mass is 392 g/mol. The minimum absolute atomic E-state index is 0.236. The summed E-state index contributed by atoms with van der Waals surface area (Å²) in [7, 11) is 0. The summed E-state index contributed by atoms with van der Waals surface area (Å²) in [6, 6.07) is 36.3. The van der Waals surface area contributed by atoms with Crippen LogP contribution in [0.1, 0.15) is 11.1 Å². The Morgan fingerprint density at radius 1 is 0.667 bits per heavy atom. The Kier molecular flexibility index (Phi) is 5.32. The van der Waals surface area contributed by atoms with Crippen LogP contribution in [-0.2, 0) is 11.2 Å². The first-order valence-electron chi connectivity index (χ1n) is 10.4. The van der Waals surface area contributed by atoms with Crippen molar-refractivity contribution in [3.8, 4) is 28.0 Å². The van der Waals surface area contributed by atoms with Gasteiger partial charge in [-0.2, -0.15) is 0 Å². The third-order valence-corrected chi connectivity index (χ3v) is 5.42. The Morgan fingerprint density at radius 3 is 2.13 bits per heavy atom. The van der Waals surface area contributed by atoms with Crippen LogP contribution >= 0.6 is 0 Å². The summed E-state index contributed by atoms with van der Waals surface area (Å²) in [6.07, 6.45) is 1.15. The van der Waals surface area contributed by atoms with E-state index in [4.69, 9.17) is 9.47 Å². The van der Waals surface area contributed by atoms with Gasteiger partial charge < -0.3 is 9.47 Å². The van der Waals surface area contributed by atoms with Gasteiger partial charge in [0, 0.05) is 5.56 Å². The topological polar surface area (TPSA) is 21.8 Å². The zero-order valence-electron chi connectivity index (χ0n) is 16.8. The van der Waals surface area contributed by atoms with E-state index in [9.17, 15) is 0 Å². The van der Waals surface area contributed by atoms with Crippen LogP contribution in [-0.4, -0.2) is 19.3 Å². The maximum Gasteiger partial charge on any atom is 0.127 e. The van der Waals surface area contributed by atoms with E-state index >= 15 is 0 Å². The zero-order chi connectivity index (χ0) is 20.2. The predicted octanol–water partition coefficient (Wildman–Crippen LogP) is 6.39. The molecular formula is C28H24O2. The van der Waals surface area contributed by atoms with Gasteiger partial charge in [-0.15, -0.1) is 0 Å². The number of hydrogen-bond donors (Lipinski definition) is 0. The molecule has 0 aliphatic carbocycles. The van der Waals surface area contributed by atoms with Crippen LogP contribution in [0.5, 0.6) is 5.75 Å². The Balaban J connectivity index is 1.56. The normalized spacial score (nSPS) is 15.0. The van der Waals surface area contributed by atoms with Crippen LogP contribution in [0.25, 0.3) is 22.3 Å². The first kappa shape index (κ1) is 18.7. The summed E-state index contributed by atoms with van der Waals surface area (Å²) in [5.74, 6) is 0.904. The molecule has 4 aromatic rings. The number of rotatable bonds is 7. The van der Waals surface area contributed by atoms with Gasteiger partial charge in [-0.3, -0.25) is 0 Å². The maximum atomic E-state index is 6.11.